The Bertz CT molecular complexity index is 86.6. The van der Waals surface area contributed by atoms with Gasteiger partial charge in [-0.1, -0.05) is 0 Å². The summed E-state index contributed by atoms with van der Waals surface area (Å²) in [5.74, 6) is -0.590. The predicted molar refractivity (Wildman–Crippen MR) is 29.7 cm³/mol. The van der Waals surface area contributed by atoms with Crippen LogP contribution in [0.3, 0.4) is 0 Å². The topological polar surface area (TPSA) is 72.5 Å². The third-order valence-electron chi connectivity index (χ3n) is 0.701. The first-order valence-electron chi connectivity index (χ1n) is 2.16. The van der Waals surface area contributed by atoms with Crippen molar-refractivity contribution >= 4 is 14.0 Å². The SMILES string of the molecule is BOC(=O)[C@@H](N)CO. The number of aliphatic hydroxyl groups excluding tert-OH is 1. The van der Waals surface area contributed by atoms with Crippen LogP contribution in [-0.2, 0) is 9.45 Å². The van der Waals surface area contributed by atoms with E-state index in [0.717, 1.165) is 0 Å². The summed E-state index contributed by atoms with van der Waals surface area (Å²) in [4.78, 5) is 10.2. The molecule has 46 valence electrons. The van der Waals surface area contributed by atoms with Crippen LogP contribution >= 0.6 is 0 Å². The lowest BCUT2D eigenvalue weighted by molar-refractivity contribution is -0.136. The zero-order chi connectivity index (χ0) is 6.57. The Kier molecular flexibility index (Phi) is 3.22. The van der Waals surface area contributed by atoms with Gasteiger partial charge in [0.1, 0.15) is 6.04 Å². The lowest BCUT2D eigenvalue weighted by Gasteiger charge is -2.03. The minimum Gasteiger partial charge on any atom is -0.542 e. The van der Waals surface area contributed by atoms with Gasteiger partial charge < -0.3 is 15.5 Å². The maximum atomic E-state index is 10.2. The van der Waals surface area contributed by atoms with Crippen molar-refractivity contribution in [2.75, 3.05) is 6.61 Å². The van der Waals surface area contributed by atoms with Crippen molar-refractivity contribution < 1.29 is 14.6 Å². The standard InChI is InChI=1S/C3H8BNO3/c4-8-3(7)2(5)1-6/h2,6H,1,4-5H2/t2-/m0/s1. The molecule has 0 radical (unpaired) electrons. The average Bonchev–Trinajstić information content (AvgIpc) is 1.84. The van der Waals surface area contributed by atoms with Crippen LogP contribution in [0.25, 0.3) is 0 Å². The Labute approximate surface area is 48.1 Å². The van der Waals surface area contributed by atoms with Crippen LogP contribution in [0.4, 0.5) is 0 Å². The fourth-order valence-corrected chi connectivity index (χ4v) is 0.226. The lowest BCUT2D eigenvalue weighted by atomic mass is 10.3. The second-order valence-corrected chi connectivity index (χ2v) is 1.31. The largest absolute Gasteiger partial charge is 0.542 e. The third-order valence-corrected chi connectivity index (χ3v) is 0.701. The molecule has 0 aromatic carbocycles. The number of carbonyl (C=O) groups excluding carboxylic acids is 1. The molecule has 8 heavy (non-hydrogen) atoms. The summed E-state index contributed by atoms with van der Waals surface area (Å²) in [6.07, 6.45) is 0. The molecule has 0 saturated carbocycles. The molecule has 0 saturated heterocycles. The Morgan fingerprint density at radius 3 is 2.62 bits per heavy atom. The number of hydrogen-bond acceptors (Lipinski definition) is 4. The zero-order valence-corrected chi connectivity index (χ0v) is 4.63. The van der Waals surface area contributed by atoms with Gasteiger partial charge >= 0.3 is 14.0 Å². The minimum atomic E-state index is -0.889. The molecule has 0 amide bonds. The van der Waals surface area contributed by atoms with Gasteiger partial charge in [-0.2, -0.15) is 0 Å². The number of hydrogen-bond donors (Lipinski definition) is 2. The van der Waals surface area contributed by atoms with Crippen LogP contribution in [0.5, 0.6) is 0 Å². The number of nitrogens with two attached hydrogens (primary N) is 1. The molecule has 0 aromatic rings. The molecule has 0 rings (SSSR count). The molecule has 0 fully saturated rings. The summed E-state index contributed by atoms with van der Waals surface area (Å²) in [6.45, 7) is -0.368. The van der Waals surface area contributed by atoms with E-state index in [2.05, 4.69) is 4.65 Å². The highest BCUT2D eigenvalue weighted by Crippen LogP contribution is 1.77. The van der Waals surface area contributed by atoms with E-state index < -0.39 is 12.0 Å². The normalized spacial score (nSPS) is 12.8. The highest BCUT2D eigenvalue weighted by atomic mass is 16.5. The quantitative estimate of drug-likeness (QED) is 0.389. The van der Waals surface area contributed by atoms with Crippen molar-refractivity contribution in [3.8, 4) is 0 Å². The summed E-state index contributed by atoms with van der Waals surface area (Å²) in [7, 11) is 1.22. The molecule has 0 aliphatic heterocycles. The van der Waals surface area contributed by atoms with E-state index in [9.17, 15) is 4.79 Å². The third kappa shape index (κ3) is 1.95. The Balaban J connectivity index is 3.46. The molecule has 0 aromatic heterocycles. The summed E-state index contributed by atoms with van der Waals surface area (Å²) in [5, 5.41) is 8.21. The molecule has 0 aliphatic carbocycles. The van der Waals surface area contributed by atoms with Crippen LogP contribution < -0.4 is 5.73 Å². The van der Waals surface area contributed by atoms with Gasteiger partial charge in [-0.3, -0.25) is 4.79 Å². The number of aliphatic hydroxyl groups is 1. The molecular weight excluding hydrogens is 109 g/mol. The van der Waals surface area contributed by atoms with Crippen molar-refractivity contribution in [1.82, 2.24) is 0 Å². The predicted octanol–water partition coefficient (Wildman–Crippen LogP) is -2.60. The van der Waals surface area contributed by atoms with Crippen LogP contribution in [0.1, 0.15) is 0 Å². The maximum absolute atomic E-state index is 10.2. The minimum absolute atomic E-state index is 0.368. The van der Waals surface area contributed by atoms with Gasteiger partial charge in [0.25, 0.3) is 0 Å². The smallest absolute Gasteiger partial charge is 0.326 e. The van der Waals surface area contributed by atoms with Crippen LogP contribution in [-0.4, -0.2) is 31.8 Å². The van der Waals surface area contributed by atoms with Gasteiger partial charge in [0, 0.05) is 0 Å². The molecule has 0 unspecified atom stereocenters. The molecule has 3 N–H and O–H groups in total. The molecule has 0 heterocycles. The summed E-state index contributed by atoms with van der Waals surface area (Å²) < 4.78 is 4.18. The highest BCUT2D eigenvalue weighted by Gasteiger charge is 2.09. The fraction of sp³-hybridized carbons (Fsp3) is 0.667. The second-order valence-electron chi connectivity index (χ2n) is 1.31. The maximum Gasteiger partial charge on any atom is 0.326 e. The molecule has 4 nitrogen and oxygen atoms in total. The van der Waals surface area contributed by atoms with E-state index in [1.54, 1.807) is 0 Å². The number of carbonyl (C=O) groups is 1. The van der Waals surface area contributed by atoms with Gasteiger partial charge in [0.05, 0.1) is 6.61 Å². The lowest BCUT2D eigenvalue weighted by Crippen LogP contribution is -2.35. The Hall–Kier alpha value is -0.545. The monoisotopic (exact) mass is 117 g/mol. The van der Waals surface area contributed by atoms with Crippen molar-refractivity contribution in [2.45, 2.75) is 6.04 Å². The summed E-state index contributed by atoms with van der Waals surface area (Å²) in [6, 6.07) is -0.889. The highest BCUT2D eigenvalue weighted by molar-refractivity contribution is 6.06. The van der Waals surface area contributed by atoms with E-state index in [1.807, 2.05) is 0 Å². The number of rotatable bonds is 2. The molecule has 0 aliphatic rings. The summed E-state index contributed by atoms with van der Waals surface area (Å²) >= 11 is 0. The molecule has 0 bridgehead atoms. The van der Waals surface area contributed by atoms with E-state index in [4.69, 9.17) is 10.8 Å². The Morgan fingerprint density at radius 2 is 2.50 bits per heavy atom. The van der Waals surface area contributed by atoms with E-state index in [1.165, 1.54) is 8.05 Å². The van der Waals surface area contributed by atoms with Crippen molar-refractivity contribution in [2.24, 2.45) is 5.73 Å². The zero-order valence-electron chi connectivity index (χ0n) is 4.63. The first-order valence-corrected chi connectivity index (χ1v) is 2.16. The van der Waals surface area contributed by atoms with Gasteiger partial charge in [-0.15, -0.1) is 0 Å². The van der Waals surface area contributed by atoms with Crippen molar-refractivity contribution in [1.29, 1.82) is 0 Å². The first-order chi connectivity index (χ1) is 3.72. The van der Waals surface area contributed by atoms with Crippen LogP contribution in [0, 0.1) is 0 Å². The molecule has 1 atom stereocenters. The first kappa shape index (κ1) is 7.45. The summed E-state index contributed by atoms with van der Waals surface area (Å²) in [5.41, 5.74) is 5.00. The Morgan fingerprint density at radius 1 is 2.00 bits per heavy atom. The fourth-order valence-electron chi connectivity index (χ4n) is 0.226. The second kappa shape index (κ2) is 3.46. The molecular formula is C3H8BNO3. The van der Waals surface area contributed by atoms with Crippen molar-refractivity contribution in [3.05, 3.63) is 0 Å². The van der Waals surface area contributed by atoms with Gasteiger partial charge in [0.2, 0.25) is 0 Å². The molecule has 5 heteroatoms. The van der Waals surface area contributed by atoms with Crippen LogP contribution in [0.15, 0.2) is 0 Å². The van der Waals surface area contributed by atoms with E-state index >= 15 is 0 Å². The van der Waals surface area contributed by atoms with Crippen LogP contribution in [0.2, 0.25) is 0 Å². The van der Waals surface area contributed by atoms with Gasteiger partial charge in [-0.25, -0.2) is 0 Å². The van der Waals surface area contributed by atoms with E-state index in [0.29, 0.717) is 0 Å². The molecule has 0 spiro atoms. The van der Waals surface area contributed by atoms with Gasteiger partial charge in [0.15, 0.2) is 0 Å². The average molecular weight is 117 g/mol. The van der Waals surface area contributed by atoms with Crippen molar-refractivity contribution in [3.63, 3.8) is 0 Å². The van der Waals surface area contributed by atoms with Gasteiger partial charge in [-0.05, 0) is 0 Å². The van der Waals surface area contributed by atoms with E-state index in [-0.39, 0.29) is 6.61 Å².